The molecule has 10 heteroatoms. The van der Waals surface area contributed by atoms with E-state index in [1.165, 1.54) is 0 Å². The van der Waals surface area contributed by atoms with Gasteiger partial charge in [-0.1, -0.05) is 41.4 Å². The van der Waals surface area contributed by atoms with Crippen LogP contribution in [-0.2, 0) is 0 Å². The SMILES string of the molecule is CN(C)c1ccc(/C=C/C(=O)c2ccc(Nc3nc(Nc4ccc(Cl)cc4)nc(Nc4ccc(Cl)cc4)n3)cc2)cc1. The average Bonchev–Trinajstić information content (AvgIpc) is 2.99. The predicted molar refractivity (Wildman–Crippen MR) is 173 cm³/mol. The van der Waals surface area contributed by atoms with Gasteiger partial charge in [0.15, 0.2) is 5.78 Å². The van der Waals surface area contributed by atoms with Gasteiger partial charge in [0.2, 0.25) is 17.8 Å². The molecule has 0 aliphatic rings. The molecule has 0 saturated carbocycles. The van der Waals surface area contributed by atoms with Crippen molar-refractivity contribution in [3.05, 3.63) is 124 Å². The maximum absolute atomic E-state index is 12.8. The van der Waals surface area contributed by atoms with E-state index in [1.54, 1.807) is 54.6 Å². The molecule has 0 aliphatic heterocycles. The van der Waals surface area contributed by atoms with Crippen LogP contribution in [0.25, 0.3) is 6.08 Å². The van der Waals surface area contributed by atoms with Crippen LogP contribution in [0.5, 0.6) is 0 Å². The molecule has 0 aliphatic carbocycles. The summed E-state index contributed by atoms with van der Waals surface area (Å²) < 4.78 is 0. The van der Waals surface area contributed by atoms with Crippen LogP contribution in [0.1, 0.15) is 15.9 Å². The van der Waals surface area contributed by atoms with Crippen LogP contribution in [-0.4, -0.2) is 34.8 Å². The number of benzene rings is 4. The summed E-state index contributed by atoms with van der Waals surface area (Å²) in [6, 6.07) is 29.5. The van der Waals surface area contributed by atoms with E-state index in [0.29, 0.717) is 39.1 Å². The zero-order valence-electron chi connectivity index (χ0n) is 22.8. The second-order valence-corrected chi connectivity index (χ2v) is 10.3. The molecule has 0 spiro atoms. The van der Waals surface area contributed by atoms with Crippen LogP contribution in [0.3, 0.4) is 0 Å². The summed E-state index contributed by atoms with van der Waals surface area (Å²) in [7, 11) is 3.98. The molecule has 1 aromatic heterocycles. The Balaban J connectivity index is 1.32. The second-order valence-electron chi connectivity index (χ2n) is 9.46. The van der Waals surface area contributed by atoms with Gasteiger partial charge in [0.25, 0.3) is 0 Å². The minimum absolute atomic E-state index is 0.0951. The van der Waals surface area contributed by atoms with E-state index >= 15 is 0 Å². The molecule has 0 bridgehead atoms. The molecule has 0 radical (unpaired) electrons. The number of carbonyl (C=O) groups excluding carboxylic acids is 1. The summed E-state index contributed by atoms with van der Waals surface area (Å²) in [5.41, 5.74) is 4.84. The number of carbonyl (C=O) groups is 1. The van der Waals surface area contributed by atoms with Crippen LogP contribution in [0.4, 0.5) is 40.6 Å². The Bertz CT molecular complexity index is 1620. The van der Waals surface area contributed by atoms with E-state index in [9.17, 15) is 4.79 Å². The summed E-state index contributed by atoms with van der Waals surface area (Å²) in [5, 5.41) is 10.8. The Hall–Kier alpha value is -4.92. The number of ketones is 1. The van der Waals surface area contributed by atoms with E-state index in [2.05, 4.69) is 30.9 Å². The summed E-state index contributed by atoms with van der Waals surface area (Å²) in [4.78, 5) is 28.3. The van der Waals surface area contributed by atoms with Crippen molar-refractivity contribution in [2.24, 2.45) is 0 Å². The number of anilines is 7. The molecule has 5 rings (SSSR count). The Morgan fingerprint density at radius 2 is 1.02 bits per heavy atom. The lowest BCUT2D eigenvalue weighted by Gasteiger charge is -2.12. The first-order valence-corrected chi connectivity index (χ1v) is 13.7. The van der Waals surface area contributed by atoms with Gasteiger partial charge < -0.3 is 20.9 Å². The van der Waals surface area contributed by atoms with Gasteiger partial charge in [-0.05, 0) is 96.6 Å². The average molecular weight is 597 g/mol. The van der Waals surface area contributed by atoms with Crippen molar-refractivity contribution in [1.82, 2.24) is 15.0 Å². The summed E-state index contributed by atoms with van der Waals surface area (Å²) in [6.45, 7) is 0. The van der Waals surface area contributed by atoms with Gasteiger partial charge in [0.05, 0.1) is 0 Å². The largest absolute Gasteiger partial charge is 0.378 e. The van der Waals surface area contributed by atoms with Crippen molar-refractivity contribution in [1.29, 1.82) is 0 Å². The van der Waals surface area contributed by atoms with Gasteiger partial charge in [0.1, 0.15) is 0 Å². The van der Waals surface area contributed by atoms with Crippen LogP contribution in [0.2, 0.25) is 10.0 Å². The van der Waals surface area contributed by atoms with Crippen molar-refractivity contribution in [2.45, 2.75) is 0 Å². The lowest BCUT2D eigenvalue weighted by Crippen LogP contribution is -2.07. The standard InChI is InChI=1S/C32H27Cl2N7O/c1-41(2)28-18-3-21(4-19-28)5-20-29(42)22-6-12-25(13-7-22)35-30-38-31(36-26-14-8-23(33)9-15-26)40-32(39-30)37-27-16-10-24(34)11-17-27/h3-20H,1-2H3,(H3,35,36,37,38,39,40)/b20-5+. The van der Waals surface area contributed by atoms with Crippen molar-refractivity contribution >= 4 is 75.7 Å². The topological polar surface area (TPSA) is 95.1 Å². The van der Waals surface area contributed by atoms with Crippen LogP contribution >= 0.6 is 23.2 Å². The molecule has 0 saturated heterocycles. The molecular weight excluding hydrogens is 569 g/mol. The monoisotopic (exact) mass is 595 g/mol. The molecule has 8 nitrogen and oxygen atoms in total. The third kappa shape index (κ3) is 7.84. The van der Waals surface area contributed by atoms with E-state index < -0.39 is 0 Å². The number of hydrogen-bond donors (Lipinski definition) is 3. The number of nitrogens with one attached hydrogen (secondary N) is 3. The molecule has 1 heterocycles. The minimum atomic E-state index is -0.0951. The molecule has 0 unspecified atom stereocenters. The smallest absolute Gasteiger partial charge is 0.233 e. The maximum Gasteiger partial charge on any atom is 0.233 e. The Labute approximate surface area is 254 Å². The first kappa shape index (κ1) is 28.6. The molecular formula is C32H27Cl2N7O. The van der Waals surface area contributed by atoms with Crippen molar-refractivity contribution in [2.75, 3.05) is 34.9 Å². The molecule has 3 N–H and O–H groups in total. The fraction of sp³-hybridized carbons (Fsp3) is 0.0625. The van der Waals surface area contributed by atoms with Crippen molar-refractivity contribution in [3.63, 3.8) is 0 Å². The number of hydrogen-bond acceptors (Lipinski definition) is 8. The lowest BCUT2D eigenvalue weighted by molar-refractivity contribution is 0.104. The summed E-state index contributed by atoms with van der Waals surface area (Å²) in [6.07, 6.45) is 3.38. The zero-order chi connectivity index (χ0) is 29.5. The van der Waals surface area contributed by atoms with Gasteiger partial charge in [-0.3, -0.25) is 4.79 Å². The molecule has 0 atom stereocenters. The van der Waals surface area contributed by atoms with Gasteiger partial charge >= 0.3 is 0 Å². The van der Waals surface area contributed by atoms with E-state index in [4.69, 9.17) is 23.2 Å². The third-order valence-electron chi connectivity index (χ3n) is 6.10. The van der Waals surface area contributed by atoms with E-state index in [-0.39, 0.29) is 5.78 Å². The third-order valence-corrected chi connectivity index (χ3v) is 6.60. The first-order chi connectivity index (χ1) is 20.3. The highest BCUT2D eigenvalue weighted by Crippen LogP contribution is 2.23. The second kappa shape index (κ2) is 13.2. The highest BCUT2D eigenvalue weighted by molar-refractivity contribution is 6.30. The fourth-order valence-electron chi connectivity index (χ4n) is 3.87. The number of aromatic nitrogens is 3. The first-order valence-electron chi connectivity index (χ1n) is 13.0. The number of rotatable bonds is 10. The van der Waals surface area contributed by atoms with Gasteiger partial charge in [-0.15, -0.1) is 0 Å². The predicted octanol–water partition coefficient (Wildman–Crippen LogP) is 8.37. The van der Waals surface area contributed by atoms with Gasteiger partial charge in [-0.2, -0.15) is 15.0 Å². The number of nitrogens with zero attached hydrogens (tertiary/aromatic N) is 4. The maximum atomic E-state index is 12.8. The number of halogens is 2. The van der Waals surface area contributed by atoms with Gasteiger partial charge in [-0.25, -0.2) is 0 Å². The Morgan fingerprint density at radius 1 is 0.619 bits per heavy atom. The minimum Gasteiger partial charge on any atom is -0.378 e. The molecule has 4 aromatic carbocycles. The Kier molecular flexibility index (Phi) is 8.96. The van der Waals surface area contributed by atoms with Crippen molar-refractivity contribution in [3.8, 4) is 0 Å². The molecule has 0 amide bonds. The lowest BCUT2D eigenvalue weighted by atomic mass is 10.1. The summed E-state index contributed by atoms with van der Waals surface area (Å²) in [5.74, 6) is 0.851. The van der Waals surface area contributed by atoms with Gasteiger partial charge in [0, 0.05) is 52.5 Å². The highest BCUT2D eigenvalue weighted by atomic mass is 35.5. The molecule has 42 heavy (non-hydrogen) atoms. The summed E-state index contributed by atoms with van der Waals surface area (Å²) >= 11 is 12.0. The normalized spacial score (nSPS) is 10.9. The number of allylic oxidation sites excluding steroid dienone is 1. The van der Waals surface area contributed by atoms with Crippen molar-refractivity contribution < 1.29 is 4.79 Å². The molecule has 5 aromatic rings. The molecule has 210 valence electrons. The molecule has 0 fully saturated rings. The van der Waals surface area contributed by atoms with Crippen LogP contribution in [0, 0.1) is 0 Å². The van der Waals surface area contributed by atoms with Crippen LogP contribution in [0.15, 0.2) is 103 Å². The fourth-order valence-corrected chi connectivity index (χ4v) is 4.12. The zero-order valence-corrected chi connectivity index (χ0v) is 24.4. The quantitative estimate of drug-likeness (QED) is 0.109. The van der Waals surface area contributed by atoms with E-state index in [1.807, 2.05) is 73.6 Å². The van der Waals surface area contributed by atoms with E-state index in [0.717, 1.165) is 22.6 Å². The Morgan fingerprint density at radius 3 is 1.43 bits per heavy atom. The highest BCUT2D eigenvalue weighted by Gasteiger charge is 2.10. The van der Waals surface area contributed by atoms with Crippen LogP contribution < -0.4 is 20.9 Å².